The summed E-state index contributed by atoms with van der Waals surface area (Å²) in [6, 6.07) is 1.08. The number of hydrogen-bond donors (Lipinski definition) is 1. The van der Waals surface area contributed by atoms with Gasteiger partial charge in [0, 0.05) is 24.2 Å². The second-order valence-electron chi connectivity index (χ2n) is 4.99. The molecule has 1 aliphatic rings. The van der Waals surface area contributed by atoms with Gasteiger partial charge in [-0.1, -0.05) is 6.92 Å². The number of nitrogens with zero attached hydrogens (tertiary/aromatic N) is 1. The van der Waals surface area contributed by atoms with Gasteiger partial charge in [-0.05, 0) is 40.0 Å². The van der Waals surface area contributed by atoms with E-state index in [1.165, 1.54) is 13.0 Å². The average molecular weight is 184 g/mol. The zero-order chi connectivity index (χ0) is 10.1. The van der Waals surface area contributed by atoms with Gasteiger partial charge in [0.15, 0.2) is 0 Å². The van der Waals surface area contributed by atoms with Crippen molar-refractivity contribution in [2.75, 3.05) is 6.54 Å². The van der Waals surface area contributed by atoms with Gasteiger partial charge in [0.1, 0.15) is 0 Å². The molecule has 2 unspecified atom stereocenters. The summed E-state index contributed by atoms with van der Waals surface area (Å²) in [4.78, 5) is 2.61. The van der Waals surface area contributed by atoms with Gasteiger partial charge in [-0.3, -0.25) is 4.90 Å². The highest BCUT2D eigenvalue weighted by molar-refractivity contribution is 4.89. The number of nitrogens with two attached hydrogens (primary N) is 1. The van der Waals surface area contributed by atoms with E-state index in [9.17, 15) is 0 Å². The minimum Gasteiger partial charge on any atom is -0.328 e. The Labute approximate surface area is 82.5 Å². The highest BCUT2D eigenvalue weighted by Gasteiger charge is 2.32. The molecule has 0 aromatic heterocycles. The van der Waals surface area contributed by atoms with Crippen molar-refractivity contribution >= 4 is 0 Å². The molecular weight excluding hydrogens is 160 g/mol. The van der Waals surface area contributed by atoms with Crippen molar-refractivity contribution in [2.24, 2.45) is 5.73 Å². The Hall–Kier alpha value is -0.0800. The number of likely N-dealkylation sites (tertiary alicyclic amines) is 1. The van der Waals surface area contributed by atoms with Gasteiger partial charge in [-0.15, -0.1) is 0 Å². The predicted molar refractivity (Wildman–Crippen MR) is 57.7 cm³/mol. The van der Waals surface area contributed by atoms with E-state index in [0.29, 0.717) is 17.6 Å². The number of hydrogen-bond acceptors (Lipinski definition) is 2. The monoisotopic (exact) mass is 184 g/mol. The topological polar surface area (TPSA) is 29.3 Å². The molecule has 2 atom stereocenters. The Bertz CT molecular complexity index is 165. The predicted octanol–water partition coefficient (Wildman–Crippen LogP) is 1.99. The lowest BCUT2D eigenvalue weighted by atomic mass is 9.90. The van der Waals surface area contributed by atoms with Crippen molar-refractivity contribution < 1.29 is 0 Å². The minimum atomic E-state index is 0.347. The molecule has 2 nitrogen and oxygen atoms in total. The van der Waals surface area contributed by atoms with Gasteiger partial charge in [-0.2, -0.15) is 0 Å². The number of piperidine rings is 1. The van der Waals surface area contributed by atoms with Crippen LogP contribution >= 0.6 is 0 Å². The first-order chi connectivity index (χ1) is 5.97. The maximum Gasteiger partial charge on any atom is 0.0153 e. The Morgan fingerprint density at radius 1 is 1.46 bits per heavy atom. The molecule has 2 heteroatoms. The minimum absolute atomic E-state index is 0.347. The number of rotatable bonds is 2. The van der Waals surface area contributed by atoms with Crippen molar-refractivity contribution in [3.63, 3.8) is 0 Å². The van der Waals surface area contributed by atoms with Crippen molar-refractivity contribution in [1.82, 2.24) is 4.90 Å². The highest BCUT2D eigenvalue weighted by Crippen LogP contribution is 2.27. The Balaban J connectivity index is 2.60. The molecule has 1 saturated heterocycles. The van der Waals surface area contributed by atoms with E-state index < -0.39 is 0 Å². The van der Waals surface area contributed by atoms with Crippen molar-refractivity contribution in [3.05, 3.63) is 0 Å². The summed E-state index contributed by atoms with van der Waals surface area (Å²) in [5.74, 6) is 0. The van der Waals surface area contributed by atoms with Crippen molar-refractivity contribution in [1.29, 1.82) is 0 Å². The standard InChI is InChI=1S/C11H24N2/c1-5-11(3,4)13-7-6-10(12)8-9(13)2/h9-10H,5-8,12H2,1-4H3. The van der Waals surface area contributed by atoms with Crippen molar-refractivity contribution in [3.8, 4) is 0 Å². The smallest absolute Gasteiger partial charge is 0.0153 e. The van der Waals surface area contributed by atoms with E-state index in [1.54, 1.807) is 0 Å². The Morgan fingerprint density at radius 3 is 2.54 bits per heavy atom. The van der Waals surface area contributed by atoms with E-state index >= 15 is 0 Å². The molecule has 0 bridgehead atoms. The zero-order valence-corrected chi connectivity index (χ0v) is 9.51. The molecule has 1 heterocycles. The molecule has 0 aliphatic carbocycles. The molecule has 0 spiro atoms. The summed E-state index contributed by atoms with van der Waals surface area (Å²) in [6.07, 6.45) is 3.53. The molecule has 13 heavy (non-hydrogen) atoms. The second-order valence-corrected chi connectivity index (χ2v) is 4.99. The third-order valence-corrected chi connectivity index (χ3v) is 3.56. The molecule has 0 amide bonds. The molecule has 0 saturated carbocycles. The van der Waals surface area contributed by atoms with Gasteiger partial charge in [0.25, 0.3) is 0 Å². The van der Waals surface area contributed by atoms with Crippen LogP contribution in [0.25, 0.3) is 0 Å². The van der Waals surface area contributed by atoms with Crippen LogP contribution < -0.4 is 5.73 Å². The van der Waals surface area contributed by atoms with Crippen LogP contribution in [0.5, 0.6) is 0 Å². The van der Waals surface area contributed by atoms with E-state index in [1.807, 2.05) is 0 Å². The fraction of sp³-hybridized carbons (Fsp3) is 1.00. The highest BCUT2D eigenvalue weighted by atomic mass is 15.2. The molecule has 1 aliphatic heterocycles. The molecular formula is C11H24N2. The van der Waals surface area contributed by atoms with Crippen LogP contribution in [-0.2, 0) is 0 Å². The fourth-order valence-electron chi connectivity index (χ4n) is 2.31. The van der Waals surface area contributed by atoms with Crippen LogP contribution in [-0.4, -0.2) is 29.1 Å². The quantitative estimate of drug-likeness (QED) is 0.711. The zero-order valence-electron chi connectivity index (χ0n) is 9.51. The lowest BCUT2D eigenvalue weighted by Gasteiger charge is -2.46. The second kappa shape index (κ2) is 3.97. The van der Waals surface area contributed by atoms with E-state index in [0.717, 1.165) is 12.8 Å². The molecule has 0 radical (unpaired) electrons. The van der Waals surface area contributed by atoms with Crippen LogP contribution in [0.3, 0.4) is 0 Å². The van der Waals surface area contributed by atoms with Gasteiger partial charge in [-0.25, -0.2) is 0 Å². The molecule has 0 aromatic rings. The summed E-state index contributed by atoms with van der Waals surface area (Å²) < 4.78 is 0. The Morgan fingerprint density at radius 2 is 2.08 bits per heavy atom. The van der Waals surface area contributed by atoms with Crippen LogP contribution in [0.2, 0.25) is 0 Å². The van der Waals surface area contributed by atoms with E-state index in [4.69, 9.17) is 5.73 Å². The van der Waals surface area contributed by atoms with Gasteiger partial charge in [0.2, 0.25) is 0 Å². The lowest BCUT2D eigenvalue weighted by molar-refractivity contribution is 0.0395. The van der Waals surface area contributed by atoms with E-state index in [2.05, 4.69) is 32.6 Å². The first-order valence-corrected chi connectivity index (χ1v) is 5.49. The largest absolute Gasteiger partial charge is 0.328 e. The van der Waals surface area contributed by atoms with Crippen LogP contribution in [0, 0.1) is 0 Å². The third-order valence-electron chi connectivity index (χ3n) is 3.56. The molecule has 78 valence electrons. The van der Waals surface area contributed by atoms with Gasteiger partial charge >= 0.3 is 0 Å². The molecule has 1 rings (SSSR count). The van der Waals surface area contributed by atoms with Crippen LogP contribution in [0.15, 0.2) is 0 Å². The summed E-state index contributed by atoms with van der Waals surface area (Å²) in [5, 5.41) is 0. The van der Waals surface area contributed by atoms with Crippen LogP contribution in [0.1, 0.15) is 47.0 Å². The first kappa shape index (κ1) is 11.0. The molecule has 0 aromatic carbocycles. The maximum absolute atomic E-state index is 5.95. The molecule has 2 N–H and O–H groups in total. The van der Waals surface area contributed by atoms with Crippen molar-refractivity contribution in [2.45, 2.75) is 64.6 Å². The van der Waals surface area contributed by atoms with E-state index in [-0.39, 0.29) is 0 Å². The maximum atomic E-state index is 5.95. The molecule has 1 fully saturated rings. The summed E-state index contributed by atoms with van der Waals surface area (Å²) in [5.41, 5.74) is 6.29. The lowest BCUT2D eigenvalue weighted by Crippen LogP contribution is -2.54. The normalized spacial score (nSPS) is 32.1. The van der Waals surface area contributed by atoms with Crippen LogP contribution in [0.4, 0.5) is 0 Å². The summed E-state index contributed by atoms with van der Waals surface area (Å²) >= 11 is 0. The SMILES string of the molecule is CCC(C)(C)N1CCC(N)CC1C. The first-order valence-electron chi connectivity index (χ1n) is 5.49. The Kier molecular flexibility index (Phi) is 3.36. The summed E-state index contributed by atoms with van der Waals surface area (Å²) in [6.45, 7) is 10.4. The average Bonchev–Trinajstić information content (AvgIpc) is 2.03. The fourth-order valence-corrected chi connectivity index (χ4v) is 2.31. The van der Waals surface area contributed by atoms with Gasteiger partial charge < -0.3 is 5.73 Å². The summed E-state index contributed by atoms with van der Waals surface area (Å²) in [7, 11) is 0. The third kappa shape index (κ3) is 2.44. The van der Waals surface area contributed by atoms with Gasteiger partial charge in [0.05, 0.1) is 0 Å².